The minimum Gasteiger partial charge on any atom is -0.462 e. The predicted octanol–water partition coefficient (Wildman–Crippen LogP) is 1.61. The Balaban J connectivity index is 1.92. The average Bonchev–Trinajstić information content (AvgIpc) is 2.73. The SMILES string of the molecule is C=C1[C@@H]2C[C@H](O)[C@@H]3[C@@](CC(=O)[C@@H]4C(C)(C)[C@@H](O)C[C@H](OC(C)=O)[C@]43C)(C2)[C@@H]1O. The summed E-state index contributed by atoms with van der Waals surface area (Å²) in [5, 5.41) is 33.2. The van der Waals surface area contributed by atoms with Crippen molar-refractivity contribution >= 4 is 11.8 Å². The smallest absolute Gasteiger partial charge is 0.302 e. The number of aliphatic hydroxyl groups is 3. The van der Waals surface area contributed by atoms with Crippen LogP contribution in [0.15, 0.2) is 12.2 Å². The monoisotopic (exact) mass is 392 g/mol. The van der Waals surface area contributed by atoms with E-state index in [1.54, 1.807) is 0 Å². The Hall–Kier alpha value is -1.24. The molecule has 0 saturated heterocycles. The molecule has 3 N–H and O–H groups in total. The topological polar surface area (TPSA) is 104 Å². The van der Waals surface area contributed by atoms with Crippen molar-refractivity contribution < 1.29 is 29.6 Å². The molecule has 0 aliphatic heterocycles. The van der Waals surface area contributed by atoms with Gasteiger partial charge >= 0.3 is 5.97 Å². The lowest BCUT2D eigenvalue weighted by Gasteiger charge is -2.66. The zero-order valence-corrected chi connectivity index (χ0v) is 17.1. The average molecular weight is 392 g/mol. The second kappa shape index (κ2) is 5.89. The van der Waals surface area contributed by atoms with E-state index < -0.39 is 58.5 Å². The Labute approximate surface area is 166 Å². The summed E-state index contributed by atoms with van der Waals surface area (Å²) >= 11 is 0. The molecular weight excluding hydrogens is 360 g/mol. The fraction of sp³-hybridized carbons (Fsp3) is 0.818. The van der Waals surface area contributed by atoms with Crippen molar-refractivity contribution in [3.8, 4) is 0 Å². The van der Waals surface area contributed by atoms with Crippen LogP contribution < -0.4 is 0 Å². The van der Waals surface area contributed by atoms with E-state index in [4.69, 9.17) is 4.74 Å². The van der Waals surface area contributed by atoms with Gasteiger partial charge in [0.15, 0.2) is 0 Å². The minimum atomic E-state index is -0.875. The summed E-state index contributed by atoms with van der Waals surface area (Å²) < 4.78 is 5.67. The van der Waals surface area contributed by atoms with Crippen molar-refractivity contribution in [1.82, 2.24) is 0 Å². The number of Topliss-reactive ketones (excluding diaryl/α,β-unsaturated/α-hetero) is 1. The van der Waals surface area contributed by atoms with Gasteiger partial charge in [0.25, 0.3) is 0 Å². The number of hydrogen-bond acceptors (Lipinski definition) is 6. The molecule has 0 amide bonds. The van der Waals surface area contributed by atoms with Crippen LogP contribution >= 0.6 is 0 Å². The second-order valence-corrected chi connectivity index (χ2v) is 10.5. The van der Waals surface area contributed by atoms with Crippen LogP contribution in [0.2, 0.25) is 0 Å². The molecule has 4 saturated carbocycles. The van der Waals surface area contributed by atoms with Gasteiger partial charge in [-0.25, -0.2) is 0 Å². The molecule has 6 nitrogen and oxygen atoms in total. The lowest BCUT2D eigenvalue weighted by atomic mass is 9.39. The summed E-state index contributed by atoms with van der Waals surface area (Å²) in [6.07, 6.45) is -1.58. The Bertz CT molecular complexity index is 743. The van der Waals surface area contributed by atoms with Crippen LogP contribution in [0, 0.1) is 34.0 Å². The first-order chi connectivity index (χ1) is 12.9. The maximum absolute atomic E-state index is 13.5. The number of fused-ring (bicyclic) bond motifs is 3. The van der Waals surface area contributed by atoms with Crippen molar-refractivity contribution in [1.29, 1.82) is 0 Å². The third-order valence-corrected chi connectivity index (χ3v) is 8.74. The van der Waals surface area contributed by atoms with E-state index in [0.29, 0.717) is 18.4 Å². The number of ether oxygens (including phenoxy) is 1. The Morgan fingerprint density at radius 1 is 1.18 bits per heavy atom. The maximum Gasteiger partial charge on any atom is 0.302 e. The van der Waals surface area contributed by atoms with Crippen LogP contribution in [0.25, 0.3) is 0 Å². The summed E-state index contributed by atoms with van der Waals surface area (Å²) in [5.74, 6) is -1.48. The first-order valence-electron chi connectivity index (χ1n) is 10.3. The highest BCUT2D eigenvalue weighted by molar-refractivity contribution is 5.85. The normalized spacial score (nSPS) is 52.0. The van der Waals surface area contributed by atoms with E-state index in [2.05, 4.69) is 6.58 Å². The van der Waals surface area contributed by atoms with E-state index >= 15 is 0 Å². The zero-order chi connectivity index (χ0) is 20.8. The van der Waals surface area contributed by atoms with E-state index in [1.807, 2.05) is 20.8 Å². The molecule has 4 aliphatic rings. The highest BCUT2D eigenvalue weighted by atomic mass is 16.5. The first kappa shape index (κ1) is 20.0. The third-order valence-electron chi connectivity index (χ3n) is 8.74. The summed E-state index contributed by atoms with van der Waals surface area (Å²) in [5.41, 5.74) is -1.67. The number of carbonyl (C=O) groups excluding carboxylic acids is 2. The van der Waals surface area contributed by atoms with E-state index in [9.17, 15) is 24.9 Å². The summed E-state index contributed by atoms with van der Waals surface area (Å²) in [7, 11) is 0. The van der Waals surface area contributed by atoms with Crippen LogP contribution in [0.1, 0.15) is 53.4 Å². The van der Waals surface area contributed by atoms with Gasteiger partial charge in [-0.2, -0.15) is 0 Å². The lowest BCUT2D eigenvalue weighted by Crippen LogP contribution is -2.71. The van der Waals surface area contributed by atoms with Crippen LogP contribution in [0.5, 0.6) is 0 Å². The summed E-state index contributed by atoms with van der Waals surface area (Å²) in [4.78, 5) is 25.4. The molecule has 0 aromatic heterocycles. The lowest BCUT2D eigenvalue weighted by molar-refractivity contribution is -0.253. The maximum atomic E-state index is 13.5. The van der Waals surface area contributed by atoms with Crippen molar-refractivity contribution in [3.63, 3.8) is 0 Å². The molecule has 0 aromatic carbocycles. The second-order valence-electron chi connectivity index (χ2n) is 10.5. The molecule has 4 aliphatic carbocycles. The van der Waals surface area contributed by atoms with E-state index in [0.717, 1.165) is 0 Å². The van der Waals surface area contributed by atoms with E-state index in [1.165, 1.54) is 6.92 Å². The number of carbonyl (C=O) groups is 2. The number of esters is 1. The number of hydrogen-bond donors (Lipinski definition) is 3. The fourth-order valence-corrected chi connectivity index (χ4v) is 7.83. The molecular formula is C22H32O6. The standard InChI is InChI=1S/C22H32O6/c1-10-12-6-13(24)18-21(5)16(28-11(2)23)7-15(26)20(3,4)17(21)14(25)9-22(18,8-12)19(10)27/h12-13,15-19,24,26-27H,1,6-9H2,2-5H3/t12-,13+,15+,16+,17-,18+,19-,21-,22+/m1/s1. The molecule has 4 fully saturated rings. The molecule has 9 atom stereocenters. The predicted molar refractivity (Wildman–Crippen MR) is 101 cm³/mol. The minimum absolute atomic E-state index is 0.00330. The zero-order valence-electron chi connectivity index (χ0n) is 17.1. The first-order valence-corrected chi connectivity index (χ1v) is 10.3. The van der Waals surface area contributed by atoms with Gasteiger partial charge in [-0.05, 0) is 24.3 Å². The highest BCUT2D eigenvalue weighted by Crippen LogP contribution is 2.71. The van der Waals surface area contributed by atoms with Crippen molar-refractivity contribution in [3.05, 3.63) is 12.2 Å². The van der Waals surface area contributed by atoms with E-state index in [-0.39, 0.29) is 24.5 Å². The van der Waals surface area contributed by atoms with Gasteiger partial charge in [-0.15, -0.1) is 0 Å². The molecule has 2 bridgehead atoms. The molecule has 4 rings (SSSR count). The molecule has 6 heteroatoms. The van der Waals surface area contributed by atoms with Gasteiger partial charge < -0.3 is 20.1 Å². The number of rotatable bonds is 1. The number of aliphatic hydroxyl groups excluding tert-OH is 3. The van der Waals surface area contributed by atoms with Gasteiger partial charge in [0, 0.05) is 47.8 Å². The number of ketones is 1. The van der Waals surface area contributed by atoms with Gasteiger partial charge in [0.2, 0.25) is 0 Å². The third kappa shape index (κ3) is 2.25. The summed E-state index contributed by atoms with van der Waals surface area (Å²) in [6.45, 7) is 11.1. The molecule has 0 heterocycles. The van der Waals surface area contributed by atoms with Gasteiger partial charge in [-0.3, -0.25) is 9.59 Å². The van der Waals surface area contributed by atoms with Crippen LogP contribution in [0.4, 0.5) is 0 Å². The summed E-state index contributed by atoms with van der Waals surface area (Å²) in [6, 6.07) is 0. The van der Waals surface area contributed by atoms with Crippen LogP contribution in [-0.4, -0.2) is 51.5 Å². The molecule has 156 valence electrons. The molecule has 1 spiro atoms. The molecule has 0 aromatic rings. The Kier molecular flexibility index (Phi) is 4.22. The van der Waals surface area contributed by atoms with Crippen molar-refractivity contribution in [2.24, 2.45) is 34.0 Å². The largest absolute Gasteiger partial charge is 0.462 e. The molecule has 28 heavy (non-hydrogen) atoms. The highest BCUT2D eigenvalue weighted by Gasteiger charge is 2.74. The van der Waals surface area contributed by atoms with Gasteiger partial charge in [0.1, 0.15) is 11.9 Å². The van der Waals surface area contributed by atoms with Crippen molar-refractivity contribution in [2.75, 3.05) is 0 Å². The quantitative estimate of drug-likeness (QED) is 0.463. The Morgan fingerprint density at radius 2 is 1.82 bits per heavy atom. The molecule has 0 radical (unpaired) electrons. The molecule has 0 unspecified atom stereocenters. The Morgan fingerprint density at radius 3 is 2.43 bits per heavy atom. The van der Waals surface area contributed by atoms with Gasteiger partial charge in [-0.1, -0.05) is 27.4 Å². The van der Waals surface area contributed by atoms with Crippen LogP contribution in [-0.2, 0) is 14.3 Å². The van der Waals surface area contributed by atoms with Gasteiger partial charge in [0.05, 0.1) is 18.3 Å². The fourth-order valence-electron chi connectivity index (χ4n) is 7.83. The van der Waals surface area contributed by atoms with Crippen LogP contribution in [0.3, 0.4) is 0 Å². The van der Waals surface area contributed by atoms with Crippen molar-refractivity contribution in [2.45, 2.75) is 77.8 Å².